The van der Waals surface area contributed by atoms with Crippen molar-refractivity contribution in [3.63, 3.8) is 0 Å². The Morgan fingerprint density at radius 3 is 2.00 bits per heavy atom. The number of ketones is 1. The monoisotopic (exact) mass is 276 g/mol. The minimum Gasteiger partial charge on any atom is -0.284 e. The fourth-order valence-electron chi connectivity index (χ4n) is 1.05. The van der Waals surface area contributed by atoms with Gasteiger partial charge in [0, 0.05) is 5.56 Å². The van der Waals surface area contributed by atoms with E-state index in [0.29, 0.717) is 12.1 Å². The van der Waals surface area contributed by atoms with Crippen LogP contribution >= 0.6 is 11.6 Å². The Hall–Kier alpha value is -1.24. The summed E-state index contributed by atoms with van der Waals surface area (Å²) >= 11 is 5.19. The molecule has 0 atom stereocenters. The van der Waals surface area contributed by atoms with E-state index < -0.39 is 34.3 Å². The van der Waals surface area contributed by atoms with E-state index >= 15 is 0 Å². The Morgan fingerprint density at radius 2 is 1.59 bits per heavy atom. The fourth-order valence-corrected chi connectivity index (χ4v) is 1.27. The summed E-state index contributed by atoms with van der Waals surface area (Å²) in [6.45, 7) is 0. The summed E-state index contributed by atoms with van der Waals surface area (Å²) in [6.07, 6.45) is -10.1. The van der Waals surface area contributed by atoms with Crippen LogP contribution in [-0.2, 0) is 6.18 Å². The van der Waals surface area contributed by atoms with Gasteiger partial charge in [0.15, 0.2) is 0 Å². The van der Waals surface area contributed by atoms with Gasteiger partial charge >= 0.3 is 12.4 Å². The second-order valence-electron chi connectivity index (χ2n) is 3.02. The third-order valence-electron chi connectivity index (χ3n) is 1.79. The first-order valence-corrected chi connectivity index (χ1v) is 4.39. The highest BCUT2D eigenvalue weighted by Gasteiger charge is 2.41. The zero-order valence-electron chi connectivity index (χ0n) is 7.79. The van der Waals surface area contributed by atoms with Crippen LogP contribution in [0, 0.1) is 0 Å². The van der Waals surface area contributed by atoms with Crippen molar-refractivity contribution in [2.45, 2.75) is 12.4 Å². The molecule has 0 aromatic heterocycles. The number of benzene rings is 1. The molecule has 0 fully saturated rings. The maximum Gasteiger partial charge on any atom is 0.454 e. The minimum absolute atomic E-state index is 0.0815. The molecule has 0 unspecified atom stereocenters. The van der Waals surface area contributed by atoms with Crippen molar-refractivity contribution in [3.8, 4) is 0 Å². The number of hydrogen-bond donors (Lipinski definition) is 0. The van der Waals surface area contributed by atoms with Crippen LogP contribution in [0.2, 0.25) is 5.02 Å². The van der Waals surface area contributed by atoms with Crippen LogP contribution in [0.5, 0.6) is 0 Å². The standard InChI is InChI=1S/C9H3ClF6O/c10-6-2-1-4(7(17)9(14,15)16)3-5(6)8(11,12)13/h1-3H. The summed E-state index contributed by atoms with van der Waals surface area (Å²) < 4.78 is 72.9. The molecule has 1 aromatic carbocycles. The molecule has 0 radical (unpaired) electrons. The van der Waals surface area contributed by atoms with Gasteiger partial charge in [0.05, 0.1) is 10.6 Å². The molecular formula is C9H3ClF6O. The summed E-state index contributed by atoms with van der Waals surface area (Å²) in [5, 5.41) is -0.767. The molecule has 0 aliphatic carbocycles. The lowest BCUT2D eigenvalue weighted by molar-refractivity contribution is -0.137. The highest BCUT2D eigenvalue weighted by atomic mass is 35.5. The van der Waals surface area contributed by atoms with Gasteiger partial charge in [0.1, 0.15) is 0 Å². The van der Waals surface area contributed by atoms with Crippen LogP contribution in [0.1, 0.15) is 15.9 Å². The van der Waals surface area contributed by atoms with E-state index in [-0.39, 0.29) is 6.07 Å². The zero-order valence-corrected chi connectivity index (χ0v) is 8.54. The SMILES string of the molecule is O=C(c1ccc(Cl)c(C(F)(F)F)c1)C(F)(F)F. The molecule has 0 saturated carbocycles. The highest BCUT2D eigenvalue weighted by molar-refractivity contribution is 6.31. The van der Waals surface area contributed by atoms with E-state index in [2.05, 4.69) is 0 Å². The summed E-state index contributed by atoms with van der Waals surface area (Å²) in [4.78, 5) is 10.7. The third kappa shape index (κ3) is 3.12. The first-order chi connectivity index (χ1) is 7.53. The topological polar surface area (TPSA) is 17.1 Å². The molecule has 0 aliphatic rings. The molecule has 0 bridgehead atoms. The molecule has 17 heavy (non-hydrogen) atoms. The molecular weight excluding hydrogens is 274 g/mol. The van der Waals surface area contributed by atoms with E-state index in [1.165, 1.54) is 0 Å². The zero-order chi connectivity index (χ0) is 13.4. The Balaban J connectivity index is 3.28. The van der Waals surface area contributed by atoms with Gasteiger partial charge in [-0.25, -0.2) is 0 Å². The van der Waals surface area contributed by atoms with Crippen molar-refractivity contribution < 1.29 is 31.1 Å². The average Bonchev–Trinajstić information content (AvgIpc) is 2.14. The molecule has 1 nitrogen and oxygen atoms in total. The molecule has 1 aromatic rings. The van der Waals surface area contributed by atoms with Gasteiger partial charge in [0.2, 0.25) is 0 Å². The quantitative estimate of drug-likeness (QED) is 0.557. The third-order valence-corrected chi connectivity index (χ3v) is 2.12. The number of carbonyl (C=O) groups excluding carboxylic acids is 1. The highest BCUT2D eigenvalue weighted by Crippen LogP contribution is 2.36. The molecule has 0 heterocycles. The van der Waals surface area contributed by atoms with Crippen molar-refractivity contribution in [3.05, 3.63) is 34.3 Å². The fraction of sp³-hybridized carbons (Fsp3) is 0.222. The smallest absolute Gasteiger partial charge is 0.284 e. The number of hydrogen-bond acceptors (Lipinski definition) is 1. The Morgan fingerprint density at radius 1 is 1.06 bits per heavy atom. The van der Waals surface area contributed by atoms with Crippen molar-refractivity contribution in [1.29, 1.82) is 0 Å². The molecule has 0 amide bonds. The van der Waals surface area contributed by atoms with E-state index in [4.69, 9.17) is 11.6 Å². The molecule has 1 rings (SSSR count). The predicted molar refractivity (Wildman–Crippen MR) is 46.8 cm³/mol. The number of halogens is 7. The minimum atomic E-state index is -5.23. The number of alkyl halides is 6. The second kappa shape index (κ2) is 4.21. The number of carbonyl (C=O) groups is 1. The molecule has 0 aliphatic heterocycles. The maximum absolute atomic E-state index is 12.3. The lowest BCUT2D eigenvalue weighted by Crippen LogP contribution is -2.23. The molecule has 0 N–H and O–H groups in total. The normalized spacial score (nSPS) is 12.6. The Bertz CT molecular complexity index is 448. The summed E-state index contributed by atoms with van der Waals surface area (Å²) in [5.41, 5.74) is -2.58. The predicted octanol–water partition coefficient (Wildman–Crippen LogP) is 4.10. The second-order valence-corrected chi connectivity index (χ2v) is 3.43. The van der Waals surface area contributed by atoms with Gasteiger partial charge in [-0.1, -0.05) is 11.6 Å². The van der Waals surface area contributed by atoms with Gasteiger partial charge < -0.3 is 0 Å². The van der Waals surface area contributed by atoms with Gasteiger partial charge in [-0.2, -0.15) is 26.3 Å². The molecule has 0 spiro atoms. The summed E-state index contributed by atoms with van der Waals surface area (Å²) in [6, 6.07) is 1.27. The largest absolute Gasteiger partial charge is 0.454 e. The average molecular weight is 277 g/mol. The first kappa shape index (κ1) is 13.8. The van der Waals surface area contributed by atoms with Crippen LogP contribution < -0.4 is 0 Å². The molecule has 0 saturated heterocycles. The van der Waals surface area contributed by atoms with Crippen LogP contribution in [0.4, 0.5) is 26.3 Å². The van der Waals surface area contributed by atoms with Crippen molar-refractivity contribution in [2.24, 2.45) is 0 Å². The molecule has 94 valence electrons. The van der Waals surface area contributed by atoms with E-state index in [9.17, 15) is 31.1 Å². The van der Waals surface area contributed by atoms with Gasteiger partial charge in [-0.3, -0.25) is 4.79 Å². The Labute approximate surface area is 96.0 Å². The first-order valence-electron chi connectivity index (χ1n) is 4.02. The van der Waals surface area contributed by atoms with E-state index in [1.807, 2.05) is 0 Å². The van der Waals surface area contributed by atoms with Crippen LogP contribution in [0.25, 0.3) is 0 Å². The summed E-state index contributed by atoms with van der Waals surface area (Å²) in [5.74, 6) is -2.35. The summed E-state index contributed by atoms with van der Waals surface area (Å²) in [7, 11) is 0. The van der Waals surface area contributed by atoms with Gasteiger partial charge in [-0.05, 0) is 18.2 Å². The van der Waals surface area contributed by atoms with Crippen LogP contribution in [0.3, 0.4) is 0 Å². The molecule has 8 heteroatoms. The maximum atomic E-state index is 12.3. The lowest BCUT2D eigenvalue weighted by Gasteiger charge is -2.11. The van der Waals surface area contributed by atoms with Crippen molar-refractivity contribution in [1.82, 2.24) is 0 Å². The van der Waals surface area contributed by atoms with Crippen LogP contribution in [0.15, 0.2) is 18.2 Å². The van der Waals surface area contributed by atoms with E-state index in [1.54, 1.807) is 0 Å². The number of Topliss-reactive ketones (excluding diaryl/α,β-unsaturated/α-hetero) is 1. The van der Waals surface area contributed by atoms with Gasteiger partial charge in [-0.15, -0.1) is 0 Å². The van der Waals surface area contributed by atoms with Crippen molar-refractivity contribution in [2.75, 3.05) is 0 Å². The van der Waals surface area contributed by atoms with Crippen LogP contribution in [-0.4, -0.2) is 12.0 Å². The van der Waals surface area contributed by atoms with Gasteiger partial charge in [0.25, 0.3) is 5.78 Å². The van der Waals surface area contributed by atoms with E-state index in [0.717, 1.165) is 0 Å². The lowest BCUT2D eigenvalue weighted by atomic mass is 10.1. The Kier molecular flexibility index (Phi) is 3.42. The van der Waals surface area contributed by atoms with Crippen molar-refractivity contribution >= 4 is 17.4 Å². The number of rotatable bonds is 1.